The van der Waals surface area contributed by atoms with Gasteiger partial charge in [0.25, 0.3) is 0 Å². The summed E-state index contributed by atoms with van der Waals surface area (Å²) in [5, 5.41) is 0. The largest absolute Gasteiger partial charge is 0.492 e. The molecule has 152 valence electrons. The average Bonchev–Trinajstić information content (AvgIpc) is 3.38. The van der Waals surface area contributed by atoms with Crippen LogP contribution in [0.25, 0.3) is 0 Å². The minimum Gasteiger partial charge on any atom is -0.492 e. The Hall–Kier alpha value is -1.53. The Balaban J connectivity index is 1.46. The van der Waals surface area contributed by atoms with Crippen molar-refractivity contribution in [3.8, 4) is 0 Å². The molecule has 0 aromatic carbocycles. The van der Waals surface area contributed by atoms with Crippen LogP contribution in [0.5, 0.6) is 0 Å². The lowest BCUT2D eigenvalue weighted by Gasteiger charge is -2.48. The molecule has 6 aliphatic heterocycles. The number of nitrogens with zero attached hydrogens (tertiary/aromatic N) is 1. The van der Waals surface area contributed by atoms with Gasteiger partial charge in [0.1, 0.15) is 5.76 Å². The summed E-state index contributed by atoms with van der Waals surface area (Å²) in [5.74, 6) is 1.64. The van der Waals surface area contributed by atoms with Crippen molar-refractivity contribution < 1.29 is 23.7 Å². The molecule has 0 radical (unpaired) electrons. The fourth-order valence-corrected chi connectivity index (χ4v) is 7.64. The lowest BCUT2D eigenvalue weighted by atomic mass is 9.69. The normalized spacial score (nSPS) is 52.5. The van der Waals surface area contributed by atoms with Gasteiger partial charge in [0.05, 0.1) is 30.2 Å². The lowest BCUT2D eigenvalue weighted by Crippen LogP contribution is -2.61. The third-order valence-corrected chi connectivity index (χ3v) is 8.53. The van der Waals surface area contributed by atoms with Crippen molar-refractivity contribution in [3.63, 3.8) is 0 Å². The molecule has 0 aromatic heterocycles. The van der Waals surface area contributed by atoms with Crippen molar-refractivity contribution in [1.82, 2.24) is 4.90 Å². The molecule has 6 nitrogen and oxygen atoms in total. The molecular weight excluding hydrogens is 358 g/mol. The van der Waals surface area contributed by atoms with E-state index in [1.54, 1.807) is 14.0 Å². The maximum atomic E-state index is 12.2. The summed E-state index contributed by atoms with van der Waals surface area (Å²) in [6.07, 6.45) is 6.15. The molecule has 6 rings (SSSR count). The van der Waals surface area contributed by atoms with E-state index in [0.29, 0.717) is 29.1 Å². The zero-order valence-corrected chi connectivity index (χ0v) is 17.1. The Morgan fingerprint density at radius 2 is 2.18 bits per heavy atom. The van der Waals surface area contributed by atoms with E-state index in [2.05, 4.69) is 18.7 Å². The number of methoxy groups -OCH3 is 1. The number of allylic oxidation sites excluding steroid dienone is 1. The molecule has 0 amide bonds. The quantitative estimate of drug-likeness (QED) is 0.691. The first kappa shape index (κ1) is 17.3. The molecule has 0 aliphatic carbocycles. The summed E-state index contributed by atoms with van der Waals surface area (Å²) < 4.78 is 24.7. The van der Waals surface area contributed by atoms with Crippen molar-refractivity contribution in [2.45, 2.75) is 76.3 Å². The molecule has 8 atom stereocenters. The van der Waals surface area contributed by atoms with Crippen molar-refractivity contribution in [3.05, 3.63) is 22.9 Å². The molecule has 5 fully saturated rings. The Kier molecular flexibility index (Phi) is 3.30. The molecule has 0 N–H and O–H groups in total. The van der Waals surface area contributed by atoms with Gasteiger partial charge in [-0.3, -0.25) is 4.90 Å². The van der Waals surface area contributed by atoms with Crippen LogP contribution in [0.4, 0.5) is 0 Å². The van der Waals surface area contributed by atoms with E-state index in [0.717, 1.165) is 25.1 Å². The van der Waals surface area contributed by atoms with Gasteiger partial charge in [-0.1, -0.05) is 26.7 Å². The van der Waals surface area contributed by atoms with Gasteiger partial charge in [0.2, 0.25) is 11.5 Å². The standard InChI is InChI=1S/C22H29NO5/c1-5-6-8-21-14-7-9-23(21)13-10-15(21)27-22(14)16(13)11(2)18(28-22)19-17(25-4)12(3)20(24)26-19/h11,13-16H,5-10H2,1-4H3/b19-18+/t11-,13-,14+,15-,16+,21+,22-/m0/s1. The maximum absolute atomic E-state index is 12.2. The second-order valence-electron chi connectivity index (χ2n) is 9.42. The molecule has 0 aromatic rings. The summed E-state index contributed by atoms with van der Waals surface area (Å²) in [6, 6.07) is 0.496. The Labute approximate surface area is 165 Å². The molecule has 28 heavy (non-hydrogen) atoms. The van der Waals surface area contributed by atoms with Gasteiger partial charge in [-0.05, 0) is 32.7 Å². The topological polar surface area (TPSA) is 57.2 Å². The molecule has 6 aliphatic rings. The number of unbranched alkanes of at least 4 members (excludes halogenated alkanes) is 1. The SMILES string of the molecule is CCCC[C@]12[C@@H]3C[C@H]4[C@H]5[C@H](C)/C(=C6\OC(=O)C(C)=C6OC)O[C@@]5(O3)[C@@H]1CCN42. The van der Waals surface area contributed by atoms with E-state index in [4.69, 9.17) is 18.9 Å². The van der Waals surface area contributed by atoms with E-state index in [9.17, 15) is 4.79 Å². The number of hydrogen-bond donors (Lipinski definition) is 0. The van der Waals surface area contributed by atoms with Gasteiger partial charge in [0.15, 0.2) is 5.76 Å². The summed E-state index contributed by atoms with van der Waals surface area (Å²) in [7, 11) is 1.58. The second kappa shape index (κ2) is 5.33. The summed E-state index contributed by atoms with van der Waals surface area (Å²) >= 11 is 0. The molecule has 5 saturated heterocycles. The van der Waals surface area contributed by atoms with Gasteiger partial charge >= 0.3 is 5.97 Å². The highest BCUT2D eigenvalue weighted by Crippen LogP contribution is 2.73. The molecule has 6 heterocycles. The van der Waals surface area contributed by atoms with Gasteiger partial charge in [-0.2, -0.15) is 0 Å². The highest BCUT2D eigenvalue weighted by atomic mass is 16.7. The zero-order chi connectivity index (χ0) is 19.4. The van der Waals surface area contributed by atoms with Crippen molar-refractivity contribution in [2.24, 2.45) is 17.8 Å². The molecule has 5 bridgehead atoms. The van der Waals surface area contributed by atoms with Gasteiger partial charge in [-0.15, -0.1) is 0 Å². The number of ether oxygens (including phenoxy) is 4. The smallest absolute Gasteiger partial charge is 0.343 e. The van der Waals surface area contributed by atoms with Crippen molar-refractivity contribution in [2.75, 3.05) is 13.7 Å². The van der Waals surface area contributed by atoms with Crippen LogP contribution < -0.4 is 0 Å². The Morgan fingerprint density at radius 1 is 1.36 bits per heavy atom. The first-order valence-electron chi connectivity index (χ1n) is 10.8. The molecule has 0 saturated carbocycles. The summed E-state index contributed by atoms with van der Waals surface area (Å²) in [6.45, 7) is 7.37. The van der Waals surface area contributed by atoms with Crippen LogP contribution in [-0.4, -0.2) is 48.0 Å². The highest BCUT2D eigenvalue weighted by molar-refractivity contribution is 5.93. The lowest BCUT2D eigenvalue weighted by molar-refractivity contribution is -0.256. The molecule has 1 unspecified atom stereocenters. The van der Waals surface area contributed by atoms with Crippen LogP contribution in [0.3, 0.4) is 0 Å². The number of esters is 1. The van der Waals surface area contributed by atoms with Gasteiger partial charge in [-0.25, -0.2) is 4.79 Å². The van der Waals surface area contributed by atoms with Crippen LogP contribution in [0.2, 0.25) is 0 Å². The van der Waals surface area contributed by atoms with Gasteiger partial charge < -0.3 is 18.9 Å². The monoisotopic (exact) mass is 387 g/mol. The minimum atomic E-state index is -0.558. The average molecular weight is 387 g/mol. The van der Waals surface area contributed by atoms with E-state index in [1.807, 2.05) is 0 Å². The van der Waals surface area contributed by atoms with Crippen LogP contribution in [0.15, 0.2) is 22.9 Å². The fourth-order valence-electron chi connectivity index (χ4n) is 7.64. The first-order chi connectivity index (χ1) is 13.5. The highest BCUT2D eigenvalue weighted by Gasteiger charge is 2.84. The predicted octanol–water partition coefficient (Wildman–Crippen LogP) is 3.09. The summed E-state index contributed by atoms with van der Waals surface area (Å²) in [4.78, 5) is 14.9. The Morgan fingerprint density at radius 3 is 2.93 bits per heavy atom. The van der Waals surface area contributed by atoms with Crippen LogP contribution >= 0.6 is 0 Å². The van der Waals surface area contributed by atoms with Crippen LogP contribution in [0.1, 0.15) is 52.9 Å². The predicted molar refractivity (Wildman–Crippen MR) is 99.6 cm³/mol. The first-order valence-corrected chi connectivity index (χ1v) is 10.8. The molecule has 1 spiro atoms. The second-order valence-corrected chi connectivity index (χ2v) is 9.42. The number of rotatable bonds is 4. The third-order valence-electron chi connectivity index (χ3n) is 8.53. The Bertz CT molecular complexity index is 833. The van der Waals surface area contributed by atoms with E-state index >= 15 is 0 Å². The van der Waals surface area contributed by atoms with E-state index < -0.39 is 5.79 Å². The van der Waals surface area contributed by atoms with Gasteiger partial charge in [0, 0.05) is 17.9 Å². The fraction of sp³-hybridized carbons (Fsp3) is 0.773. The van der Waals surface area contributed by atoms with Crippen molar-refractivity contribution >= 4 is 5.97 Å². The zero-order valence-electron chi connectivity index (χ0n) is 17.1. The molecular formula is C22H29NO5. The number of cyclic esters (lactones) is 1. The number of carbonyl (C=O) groups excluding carboxylic acids is 1. The number of hydrogen-bond acceptors (Lipinski definition) is 6. The van der Waals surface area contributed by atoms with Crippen LogP contribution in [0, 0.1) is 17.8 Å². The maximum Gasteiger partial charge on any atom is 0.343 e. The van der Waals surface area contributed by atoms with Crippen molar-refractivity contribution in [1.29, 1.82) is 0 Å². The van der Waals surface area contributed by atoms with Crippen LogP contribution in [-0.2, 0) is 23.7 Å². The third kappa shape index (κ3) is 1.65. The summed E-state index contributed by atoms with van der Waals surface area (Å²) in [5.41, 5.74) is 0.659. The number of fused-ring (bicyclic) bond motifs is 1. The van der Waals surface area contributed by atoms with E-state index in [-0.39, 0.29) is 29.4 Å². The minimum absolute atomic E-state index is 0.134. The molecule has 6 heteroatoms. The number of carbonyl (C=O) groups is 1. The number of piperidine rings is 1. The van der Waals surface area contributed by atoms with E-state index in [1.165, 1.54) is 19.3 Å².